The van der Waals surface area contributed by atoms with Crippen LogP contribution >= 0.6 is 0 Å². The molecule has 1 aliphatic carbocycles. The van der Waals surface area contributed by atoms with Crippen LogP contribution in [0, 0.1) is 11.8 Å². The van der Waals surface area contributed by atoms with E-state index in [0.717, 1.165) is 25.7 Å². The van der Waals surface area contributed by atoms with E-state index in [-0.39, 0.29) is 24.0 Å². The largest absolute Gasteiger partial charge is 0.338 e. The van der Waals surface area contributed by atoms with Crippen molar-refractivity contribution in [3.63, 3.8) is 0 Å². The average Bonchev–Trinajstić information content (AvgIpc) is 2.73. The fraction of sp³-hybridized carbons (Fsp3) is 0.444. The molecule has 2 heterocycles. The van der Waals surface area contributed by atoms with Gasteiger partial charge in [-0.15, -0.1) is 0 Å². The zero-order chi connectivity index (χ0) is 19.6. The number of nitrogens with zero attached hydrogens (tertiary/aromatic N) is 4. The number of anilines is 2. The van der Waals surface area contributed by atoms with Crippen molar-refractivity contribution in [3.05, 3.63) is 36.9 Å². The van der Waals surface area contributed by atoms with Gasteiger partial charge < -0.3 is 10.6 Å². The van der Waals surface area contributed by atoms with Gasteiger partial charge in [-0.2, -0.15) is 0 Å². The minimum absolute atomic E-state index is 0.277. The van der Waals surface area contributed by atoms with E-state index in [2.05, 4.69) is 41.2 Å². The van der Waals surface area contributed by atoms with Crippen molar-refractivity contribution in [1.29, 1.82) is 0 Å². The summed E-state index contributed by atoms with van der Waals surface area (Å²) in [4.78, 5) is 39.7. The maximum atomic E-state index is 11.9. The fourth-order valence-corrected chi connectivity index (χ4v) is 3.27. The van der Waals surface area contributed by atoms with Crippen LogP contribution in [0.4, 0.5) is 21.5 Å². The molecule has 0 unspecified atom stereocenters. The molecule has 2 aromatic heterocycles. The molecule has 1 aliphatic rings. The molecular weight excluding hydrogens is 360 g/mol. The summed E-state index contributed by atoms with van der Waals surface area (Å²) < 4.78 is 0. The first-order valence-corrected chi connectivity index (χ1v) is 9.33. The number of hydrogen-bond donors (Lipinski definition) is 4. The van der Waals surface area contributed by atoms with Crippen LogP contribution < -0.4 is 21.3 Å². The number of nitrogens with one attached hydrogen (secondary N) is 4. The molecule has 4 amide bonds. The van der Waals surface area contributed by atoms with Crippen LogP contribution in [0.1, 0.15) is 25.7 Å². The molecule has 0 bridgehead atoms. The van der Waals surface area contributed by atoms with Crippen molar-refractivity contribution in [2.45, 2.75) is 25.7 Å². The fourth-order valence-electron chi connectivity index (χ4n) is 3.27. The first-order chi connectivity index (χ1) is 13.7. The number of urea groups is 2. The van der Waals surface area contributed by atoms with E-state index in [4.69, 9.17) is 0 Å². The molecule has 4 N–H and O–H groups in total. The molecule has 148 valence electrons. The van der Waals surface area contributed by atoms with E-state index < -0.39 is 0 Å². The molecule has 0 radical (unpaired) electrons. The summed E-state index contributed by atoms with van der Waals surface area (Å²) in [5.74, 6) is 1.31. The molecule has 10 nitrogen and oxygen atoms in total. The predicted molar refractivity (Wildman–Crippen MR) is 104 cm³/mol. The van der Waals surface area contributed by atoms with E-state index in [1.165, 1.54) is 0 Å². The number of amides is 4. The Morgan fingerprint density at radius 3 is 1.64 bits per heavy atom. The van der Waals surface area contributed by atoms with Crippen LogP contribution in [0.3, 0.4) is 0 Å². The van der Waals surface area contributed by atoms with Crippen molar-refractivity contribution in [2.24, 2.45) is 11.8 Å². The lowest BCUT2D eigenvalue weighted by Crippen LogP contribution is -2.38. The predicted octanol–water partition coefficient (Wildman–Crippen LogP) is 2.02. The lowest BCUT2D eigenvalue weighted by atomic mass is 9.81. The zero-order valence-corrected chi connectivity index (χ0v) is 15.5. The highest BCUT2D eigenvalue weighted by atomic mass is 16.2. The van der Waals surface area contributed by atoms with Crippen LogP contribution in [-0.4, -0.2) is 45.1 Å². The van der Waals surface area contributed by atoms with Gasteiger partial charge in [-0.3, -0.25) is 10.6 Å². The average molecular weight is 384 g/mol. The second-order valence-corrected chi connectivity index (χ2v) is 6.71. The Morgan fingerprint density at radius 2 is 1.21 bits per heavy atom. The van der Waals surface area contributed by atoms with Crippen LogP contribution in [-0.2, 0) is 0 Å². The molecule has 2 aromatic rings. The summed E-state index contributed by atoms with van der Waals surface area (Å²) in [5.41, 5.74) is 0. The number of aromatic nitrogens is 4. The highest BCUT2D eigenvalue weighted by Gasteiger charge is 2.23. The van der Waals surface area contributed by atoms with Crippen molar-refractivity contribution in [2.75, 3.05) is 23.7 Å². The molecule has 2 atom stereocenters. The number of carbonyl (C=O) groups excluding carboxylic acids is 2. The van der Waals surface area contributed by atoms with Crippen molar-refractivity contribution >= 4 is 24.0 Å². The third-order valence-corrected chi connectivity index (χ3v) is 4.58. The maximum absolute atomic E-state index is 11.9. The highest BCUT2D eigenvalue weighted by Crippen LogP contribution is 2.28. The molecule has 1 fully saturated rings. The Kier molecular flexibility index (Phi) is 7.05. The maximum Gasteiger partial charge on any atom is 0.321 e. The Balaban J connectivity index is 1.35. The van der Waals surface area contributed by atoms with Gasteiger partial charge in [-0.25, -0.2) is 29.5 Å². The molecule has 0 saturated heterocycles. The molecular formula is C18H24N8O2. The minimum atomic E-state index is -0.311. The van der Waals surface area contributed by atoms with Crippen LogP contribution in [0.2, 0.25) is 0 Å². The first-order valence-electron chi connectivity index (χ1n) is 9.33. The quantitative estimate of drug-likeness (QED) is 0.602. The summed E-state index contributed by atoms with van der Waals surface area (Å²) in [7, 11) is 0. The monoisotopic (exact) mass is 384 g/mol. The highest BCUT2D eigenvalue weighted by molar-refractivity contribution is 5.87. The van der Waals surface area contributed by atoms with Crippen molar-refractivity contribution < 1.29 is 9.59 Å². The number of rotatable bonds is 6. The summed E-state index contributed by atoms with van der Waals surface area (Å²) in [5, 5.41) is 11.0. The Hall–Kier alpha value is -3.30. The normalized spacial score (nSPS) is 18.7. The topological polar surface area (TPSA) is 134 Å². The zero-order valence-electron chi connectivity index (χ0n) is 15.5. The minimum Gasteiger partial charge on any atom is -0.338 e. The van der Waals surface area contributed by atoms with Gasteiger partial charge in [-0.1, -0.05) is 6.42 Å². The van der Waals surface area contributed by atoms with Crippen LogP contribution in [0.15, 0.2) is 36.9 Å². The second-order valence-electron chi connectivity index (χ2n) is 6.71. The Labute approximate surface area is 163 Å². The van der Waals surface area contributed by atoms with Gasteiger partial charge in [0.15, 0.2) is 0 Å². The van der Waals surface area contributed by atoms with Gasteiger partial charge in [0.1, 0.15) is 0 Å². The first kappa shape index (κ1) is 19.5. The van der Waals surface area contributed by atoms with E-state index >= 15 is 0 Å². The lowest BCUT2D eigenvalue weighted by Gasteiger charge is -2.29. The summed E-state index contributed by atoms with van der Waals surface area (Å²) in [6.07, 6.45) is 10.4. The standard InChI is InChI=1S/C18H24N8O2/c27-17(25-15-19-6-2-7-20-15)23-11-13-4-1-5-14(10-13)12-24-18(28)26-16-21-8-3-9-22-16/h2-3,6-9,13-14H,1,4-5,10-12H2,(H2,19,20,23,25,27)(H2,21,22,24,26,28)/t13-,14-/m0/s1. The molecule has 3 rings (SSSR count). The SMILES string of the molecule is O=C(NC[C@H]1CCC[C@H](CNC(=O)Nc2ncccn2)C1)Nc1ncccn1. The van der Waals surface area contributed by atoms with E-state index in [1.54, 1.807) is 36.9 Å². The Morgan fingerprint density at radius 1 is 0.786 bits per heavy atom. The van der Waals surface area contributed by atoms with Gasteiger partial charge >= 0.3 is 12.1 Å². The summed E-state index contributed by atoms with van der Waals surface area (Å²) in [6.45, 7) is 1.17. The molecule has 0 aliphatic heterocycles. The van der Waals surface area contributed by atoms with Gasteiger partial charge in [-0.05, 0) is 43.2 Å². The van der Waals surface area contributed by atoms with Gasteiger partial charge in [0.2, 0.25) is 11.9 Å². The van der Waals surface area contributed by atoms with Crippen LogP contribution in [0.5, 0.6) is 0 Å². The van der Waals surface area contributed by atoms with Gasteiger partial charge in [0.25, 0.3) is 0 Å². The Bertz CT molecular complexity index is 695. The molecule has 1 saturated carbocycles. The van der Waals surface area contributed by atoms with Gasteiger partial charge in [0, 0.05) is 37.9 Å². The van der Waals surface area contributed by atoms with E-state index in [1.807, 2.05) is 0 Å². The second kappa shape index (κ2) is 10.1. The smallest absolute Gasteiger partial charge is 0.321 e. The van der Waals surface area contributed by atoms with Crippen LogP contribution in [0.25, 0.3) is 0 Å². The molecule has 10 heteroatoms. The van der Waals surface area contributed by atoms with Crippen molar-refractivity contribution in [1.82, 2.24) is 30.6 Å². The lowest BCUT2D eigenvalue weighted by molar-refractivity contribution is 0.230. The van der Waals surface area contributed by atoms with E-state index in [0.29, 0.717) is 24.9 Å². The third kappa shape index (κ3) is 6.45. The van der Waals surface area contributed by atoms with Crippen molar-refractivity contribution in [3.8, 4) is 0 Å². The summed E-state index contributed by atoms with van der Waals surface area (Å²) >= 11 is 0. The van der Waals surface area contributed by atoms with E-state index in [9.17, 15) is 9.59 Å². The molecule has 0 spiro atoms. The van der Waals surface area contributed by atoms with Gasteiger partial charge in [0.05, 0.1) is 0 Å². The number of hydrogen-bond acceptors (Lipinski definition) is 6. The summed E-state index contributed by atoms with van der Waals surface area (Å²) in [6, 6.07) is 2.75. The third-order valence-electron chi connectivity index (χ3n) is 4.58. The molecule has 0 aromatic carbocycles. The number of carbonyl (C=O) groups is 2. The molecule has 28 heavy (non-hydrogen) atoms.